The van der Waals surface area contributed by atoms with Crippen LogP contribution in [0.25, 0.3) is 0 Å². The average molecular weight is 416 g/mol. The lowest BCUT2D eigenvalue weighted by Gasteiger charge is -2.37. The number of piperidine rings is 1. The summed E-state index contributed by atoms with van der Waals surface area (Å²) in [5.74, 6) is 0.576. The number of hydrogen-bond donors (Lipinski definition) is 0. The van der Waals surface area contributed by atoms with Crippen molar-refractivity contribution in [1.82, 2.24) is 14.8 Å². The maximum absolute atomic E-state index is 12.9. The van der Waals surface area contributed by atoms with Crippen molar-refractivity contribution < 1.29 is 4.79 Å². The van der Waals surface area contributed by atoms with Crippen molar-refractivity contribution in [3.05, 3.63) is 27.7 Å². The molecule has 0 N–H and O–H groups in total. The molecule has 29 heavy (non-hydrogen) atoms. The van der Waals surface area contributed by atoms with Crippen molar-refractivity contribution in [1.29, 1.82) is 0 Å². The number of carbonyl (C=O) groups is 1. The Hall–Kier alpha value is -1.20. The summed E-state index contributed by atoms with van der Waals surface area (Å²) >= 11 is 1.60. The van der Waals surface area contributed by atoms with Crippen molar-refractivity contribution >= 4 is 17.2 Å². The number of nitrogens with zero attached hydrogens (tertiary/aromatic N) is 3. The second-order valence-corrected chi connectivity index (χ2v) is 11.1. The Morgan fingerprint density at radius 3 is 2.72 bits per heavy atom. The average Bonchev–Trinajstić information content (AvgIpc) is 3.11. The zero-order valence-corrected chi connectivity index (χ0v) is 19.5. The molecule has 1 atom stereocenters. The smallest absolute Gasteiger partial charge is 0.226 e. The summed E-state index contributed by atoms with van der Waals surface area (Å²) in [6.45, 7) is 11.4. The second-order valence-electron chi connectivity index (χ2n) is 10.4. The first-order valence-corrected chi connectivity index (χ1v) is 12.3. The van der Waals surface area contributed by atoms with Crippen molar-refractivity contribution in [2.24, 2.45) is 16.7 Å². The van der Waals surface area contributed by atoms with Crippen molar-refractivity contribution in [2.45, 2.75) is 72.3 Å². The summed E-state index contributed by atoms with van der Waals surface area (Å²) in [4.78, 5) is 21.8. The van der Waals surface area contributed by atoms with Crippen LogP contribution in [0.1, 0.15) is 71.4 Å². The highest BCUT2D eigenvalue weighted by molar-refractivity contribution is 7.07. The topological polar surface area (TPSA) is 36.4 Å². The molecule has 1 saturated carbocycles. The van der Waals surface area contributed by atoms with E-state index in [4.69, 9.17) is 0 Å². The quantitative estimate of drug-likeness (QED) is 0.605. The largest absolute Gasteiger partial charge is 0.340 e. The van der Waals surface area contributed by atoms with Gasteiger partial charge in [-0.05, 0) is 75.8 Å². The molecule has 2 aliphatic carbocycles. The van der Waals surface area contributed by atoms with Gasteiger partial charge >= 0.3 is 0 Å². The number of likely N-dealkylation sites (tertiary alicyclic amines) is 1. The molecule has 0 aromatic carbocycles. The molecule has 1 unspecified atom stereocenters. The molecule has 1 aliphatic heterocycles. The molecule has 1 amide bonds. The molecule has 160 valence electrons. The molecule has 5 heteroatoms. The molecule has 4 nitrogen and oxygen atoms in total. The zero-order valence-electron chi connectivity index (χ0n) is 18.7. The van der Waals surface area contributed by atoms with Gasteiger partial charge in [0.15, 0.2) is 0 Å². The van der Waals surface area contributed by atoms with Crippen LogP contribution in [0.5, 0.6) is 0 Å². The molecule has 0 radical (unpaired) electrons. The fraction of sp³-hybridized carbons (Fsp3) is 0.750. The Balaban J connectivity index is 1.25. The van der Waals surface area contributed by atoms with Crippen LogP contribution in [0.4, 0.5) is 0 Å². The van der Waals surface area contributed by atoms with Crippen LogP contribution in [-0.4, -0.2) is 47.4 Å². The van der Waals surface area contributed by atoms with Crippen LogP contribution in [-0.2, 0) is 11.3 Å². The van der Waals surface area contributed by atoms with E-state index < -0.39 is 0 Å². The summed E-state index contributed by atoms with van der Waals surface area (Å²) < 4.78 is 0. The van der Waals surface area contributed by atoms with Gasteiger partial charge in [-0.2, -0.15) is 0 Å². The molecule has 1 aromatic heterocycles. The Labute approximate surface area is 180 Å². The van der Waals surface area contributed by atoms with E-state index in [-0.39, 0.29) is 5.92 Å². The molecule has 0 bridgehead atoms. The highest BCUT2D eigenvalue weighted by atomic mass is 32.1. The third-order valence-corrected chi connectivity index (χ3v) is 8.60. The van der Waals surface area contributed by atoms with E-state index in [1.807, 2.05) is 22.8 Å². The summed E-state index contributed by atoms with van der Waals surface area (Å²) in [6, 6.07) is 0. The van der Waals surface area contributed by atoms with Gasteiger partial charge in [-0.25, -0.2) is 4.98 Å². The third-order valence-electron chi connectivity index (χ3n) is 7.96. The summed E-state index contributed by atoms with van der Waals surface area (Å²) in [7, 11) is 1.94. The van der Waals surface area contributed by atoms with E-state index in [0.29, 0.717) is 23.3 Å². The van der Waals surface area contributed by atoms with Gasteiger partial charge in [-0.3, -0.25) is 4.79 Å². The fourth-order valence-corrected chi connectivity index (χ4v) is 6.42. The molecule has 4 rings (SSSR count). The summed E-state index contributed by atoms with van der Waals surface area (Å²) in [6.07, 6.45) is 8.68. The zero-order chi connectivity index (χ0) is 20.6. The van der Waals surface area contributed by atoms with Gasteiger partial charge in [0.1, 0.15) is 0 Å². The highest BCUT2D eigenvalue weighted by Crippen LogP contribution is 2.60. The Morgan fingerprint density at radius 1 is 1.31 bits per heavy atom. The minimum Gasteiger partial charge on any atom is -0.340 e. The molecule has 1 aromatic rings. The minimum atomic E-state index is 0.246. The predicted octanol–water partition coefficient (Wildman–Crippen LogP) is 5.12. The van der Waals surface area contributed by atoms with Crippen LogP contribution in [0, 0.1) is 16.7 Å². The molecular weight excluding hydrogens is 378 g/mol. The van der Waals surface area contributed by atoms with E-state index in [0.717, 1.165) is 25.2 Å². The van der Waals surface area contributed by atoms with E-state index >= 15 is 0 Å². The first-order chi connectivity index (χ1) is 13.8. The summed E-state index contributed by atoms with van der Waals surface area (Å²) in [5, 5.41) is 2.04. The van der Waals surface area contributed by atoms with Crippen LogP contribution in [0.2, 0.25) is 0 Å². The predicted molar refractivity (Wildman–Crippen MR) is 120 cm³/mol. The maximum atomic E-state index is 12.9. The van der Waals surface area contributed by atoms with Crippen molar-refractivity contribution in [3.63, 3.8) is 0 Å². The van der Waals surface area contributed by atoms with Crippen LogP contribution in [0.15, 0.2) is 22.0 Å². The first-order valence-electron chi connectivity index (χ1n) is 11.3. The molecule has 2 fully saturated rings. The first kappa shape index (κ1) is 21.0. The van der Waals surface area contributed by atoms with Crippen molar-refractivity contribution in [2.75, 3.05) is 26.7 Å². The molecule has 1 spiro atoms. The van der Waals surface area contributed by atoms with E-state index in [2.05, 4.69) is 30.7 Å². The van der Waals surface area contributed by atoms with E-state index in [9.17, 15) is 4.79 Å². The second kappa shape index (κ2) is 8.14. The van der Waals surface area contributed by atoms with Gasteiger partial charge in [-0.15, -0.1) is 11.3 Å². The Kier molecular flexibility index (Phi) is 5.91. The van der Waals surface area contributed by atoms with Gasteiger partial charge < -0.3 is 9.80 Å². The number of hydrogen-bond acceptors (Lipinski definition) is 4. The van der Waals surface area contributed by atoms with Gasteiger partial charge in [0.25, 0.3) is 0 Å². The third kappa shape index (κ3) is 4.46. The molecular formula is C24H37N3OS. The minimum absolute atomic E-state index is 0.246. The lowest BCUT2D eigenvalue weighted by molar-refractivity contribution is -0.133. The molecule has 1 saturated heterocycles. The number of rotatable bonds is 6. The van der Waals surface area contributed by atoms with Crippen LogP contribution in [0.3, 0.4) is 0 Å². The Bertz CT molecular complexity index is 759. The normalized spacial score (nSPS) is 26.0. The van der Waals surface area contributed by atoms with Crippen molar-refractivity contribution in [3.8, 4) is 0 Å². The maximum Gasteiger partial charge on any atom is 0.226 e. The summed E-state index contributed by atoms with van der Waals surface area (Å²) in [5.41, 5.74) is 6.88. The lowest BCUT2D eigenvalue weighted by atomic mass is 9.71. The SMILES string of the molecule is CC1=C(CCN2CCC3(CC2)CC3C(=O)N(C)Cc2cscn2)C(C)(C)CCC1. The number of thiazole rings is 1. The standard InChI is InChI=1S/C24H37N3OS/c1-18-6-5-8-23(2,3)20(18)7-11-27-12-9-24(10-13-27)14-21(24)22(28)26(4)15-19-16-29-17-25-19/h16-17,21H,5-15H2,1-4H3. The number of amides is 1. The highest BCUT2D eigenvalue weighted by Gasteiger charge is 2.59. The Morgan fingerprint density at radius 2 is 2.07 bits per heavy atom. The fourth-order valence-electron chi connectivity index (χ4n) is 5.87. The van der Waals surface area contributed by atoms with Crippen LogP contribution >= 0.6 is 11.3 Å². The molecule has 3 aliphatic rings. The number of allylic oxidation sites excluding steroid dienone is 1. The number of carbonyl (C=O) groups excluding carboxylic acids is 1. The number of aromatic nitrogens is 1. The molecule has 2 heterocycles. The lowest BCUT2D eigenvalue weighted by Crippen LogP contribution is -2.38. The van der Waals surface area contributed by atoms with Crippen LogP contribution < -0.4 is 0 Å². The van der Waals surface area contributed by atoms with E-state index in [1.165, 1.54) is 45.1 Å². The monoisotopic (exact) mass is 415 g/mol. The van der Waals surface area contributed by atoms with Gasteiger partial charge in [0, 0.05) is 24.9 Å². The van der Waals surface area contributed by atoms with Gasteiger partial charge in [0.05, 0.1) is 17.7 Å². The van der Waals surface area contributed by atoms with E-state index in [1.54, 1.807) is 22.5 Å². The van der Waals surface area contributed by atoms with Gasteiger partial charge in [-0.1, -0.05) is 25.0 Å². The van der Waals surface area contributed by atoms with Gasteiger partial charge in [0.2, 0.25) is 5.91 Å².